The molecule has 0 saturated carbocycles. The summed E-state index contributed by atoms with van der Waals surface area (Å²) in [5, 5.41) is 7.90. The quantitative estimate of drug-likeness (QED) is 0.627. The number of aromatic nitrogens is 3. The highest BCUT2D eigenvalue weighted by Crippen LogP contribution is 2.13. The highest BCUT2D eigenvalue weighted by Gasteiger charge is 2.06. The van der Waals surface area contributed by atoms with Gasteiger partial charge >= 0.3 is 0 Å². The maximum absolute atomic E-state index is 13.0. The van der Waals surface area contributed by atoms with Gasteiger partial charge in [0.2, 0.25) is 0 Å². The van der Waals surface area contributed by atoms with Gasteiger partial charge in [-0.1, -0.05) is 0 Å². The molecule has 0 aliphatic heterocycles. The van der Waals surface area contributed by atoms with E-state index in [1.54, 1.807) is 17.4 Å². The first-order valence-corrected chi connectivity index (χ1v) is 3.84. The van der Waals surface area contributed by atoms with E-state index in [9.17, 15) is 4.39 Å². The molecule has 2 aromatic rings. The van der Waals surface area contributed by atoms with E-state index in [1.807, 2.05) is 0 Å². The molecule has 0 spiro atoms. The first-order valence-electron chi connectivity index (χ1n) is 3.39. The second-order valence-corrected chi connectivity index (χ2v) is 2.86. The van der Waals surface area contributed by atoms with Crippen molar-refractivity contribution in [2.24, 2.45) is 0 Å². The fourth-order valence-electron chi connectivity index (χ4n) is 1.09. The molecule has 2 rings (SSSR count). The average molecular weight is 183 g/mol. The van der Waals surface area contributed by atoms with E-state index in [0.717, 1.165) is 0 Å². The molecule has 0 aliphatic rings. The average Bonchev–Trinajstić information content (AvgIpc) is 2.41. The number of nitrogens with zero attached hydrogens (tertiary/aromatic N) is 3. The first kappa shape index (κ1) is 7.54. The van der Waals surface area contributed by atoms with Crippen LogP contribution < -0.4 is 0 Å². The second kappa shape index (κ2) is 2.45. The van der Waals surface area contributed by atoms with Crippen LogP contribution >= 0.6 is 12.6 Å². The van der Waals surface area contributed by atoms with E-state index < -0.39 is 0 Å². The lowest BCUT2D eigenvalue weighted by Crippen LogP contribution is -1.95. The summed E-state index contributed by atoms with van der Waals surface area (Å²) in [5.74, 6) is -0.280. The van der Waals surface area contributed by atoms with Crippen LogP contribution in [0.2, 0.25) is 0 Å². The lowest BCUT2D eigenvalue weighted by molar-refractivity contribution is 0.602. The molecule has 0 radical (unpaired) electrons. The molecule has 2 heterocycles. The molecule has 12 heavy (non-hydrogen) atoms. The summed E-state index contributed by atoms with van der Waals surface area (Å²) in [7, 11) is 0. The van der Waals surface area contributed by atoms with Crippen molar-refractivity contribution in [1.82, 2.24) is 14.6 Å². The van der Waals surface area contributed by atoms with Crippen molar-refractivity contribution in [3.63, 3.8) is 0 Å². The minimum absolute atomic E-state index is 0.280. The molecule has 0 fully saturated rings. The highest BCUT2D eigenvalue weighted by atomic mass is 32.1. The minimum atomic E-state index is -0.280. The number of halogens is 1. The lowest BCUT2D eigenvalue weighted by atomic mass is 10.3. The van der Waals surface area contributed by atoms with Gasteiger partial charge in [-0.15, -0.1) is 22.8 Å². The zero-order chi connectivity index (χ0) is 8.72. The number of aryl methyl sites for hydroxylation is 1. The Kier molecular flexibility index (Phi) is 1.54. The number of hydrogen-bond acceptors (Lipinski definition) is 3. The summed E-state index contributed by atoms with van der Waals surface area (Å²) in [4.78, 5) is 0. The maximum atomic E-state index is 13.0. The van der Waals surface area contributed by atoms with Crippen LogP contribution in [-0.4, -0.2) is 14.6 Å². The zero-order valence-electron chi connectivity index (χ0n) is 6.32. The first-order chi connectivity index (χ1) is 5.70. The van der Waals surface area contributed by atoms with Crippen LogP contribution in [0.5, 0.6) is 0 Å². The van der Waals surface area contributed by atoms with Gasteiger partial charge in [0.1, 0.15) is 5.82 Å². The van der Waals surface area contributed by atoms with Crippen molar-refractivity contribution < 1.29 is 4.39 Å². The van der Waals surface area contributed by atoms with Gasteiger partial charge in [-0.05, 0) is 19.1 Å². The summed E-state index contributed by atoms with van der Waals surface area (Å²) < 4.78 is 14.5. The molecule has 0 aliphatic carbocycles. The number of pyridine rings is 1. The molecule has 0 saturated heterocycles. The molecule has 0 N–H and O–H groups in total. The summed E-state index contributed by atoms with van der Waals surface area (Å²) in [6, 6.07) is 2.93. The number of thiol groups is 1. The Labute approximate surface area is 73.6 Å². The van der Waals surface area contributed by atoms with Gasteiger partial charge in [-0.25, -0.2) is 4.39 Å². The zero-order valence-corrected chi connectivity index (χ0v) is 7.22. The Morgan fingerprint density at radius 1 is 1.42 bits per heavy atom. The van der Waals surface area contributed by atoms with Crippen LogP contribution in [0.4, 0.5) is 4.39 Å². The Morgan fingerprint density at radius 3 is 2.92 bits per heavy atom. The van der Waals surface area contributed by atoms with Gasteiger partial charge in [0, 0.05) is 0 Å². The minimum Gasteiger partial charge on any atom is -0.272 e. The van der Waals surface area contributed by atoms with E-state index >= 15 is 0 Å². The van der Waals surface area contributed by atoms with Crippen molar-refractivity contribution in [3.8, 4) is 0 Å². The van der Waals surface area contributed by atoms with E-state index in [-0.39, 0.29) is 5.82 Å². The molecule has 2 aromatic heterocycles. The SMILES string of the molecule is Cc1c(F)ccc2nnc(S)n12. The van der Waals surface area contributed by atoms with E-state index in [0.29, 0.717) is 16.5 Å². The van der Waals surface area contributed by atoms with Crippen LogP contribution in [0.1, 0.15) is 5.69 Å². The summed E-state index contributed by atoms with van der Waals surface area (Å²) in [6.07, 6.45) is 0. The van der Waals surface area contributed by atoms with Crippen molar-refractivity contribution in [2.75, 3.05) is 0 Å². The Balaban J connectivity index is 2.96. The van der Waals surface area contributed by atoms with Gasteiger partial charge in [-0.3, -0.25) is 4.40 Å². The predicted molar refractivity (Wildman–Crippen MR) is 44.9 cm³/mol. The van der Waals surface area contributed by atoms with Crippen LogP contribution in [0.25, 0.3) is 5.65 Å². The van der Waals surface area contributed by atoms with E-state index in [1.165, 1.54) is 6.07 Å². The highest BCUT2D eigenvalue weighted by molar-refractivity contribution is 7.80. The molecular weight excluding hydrogens is 177 g/mol. The molecule has 0 bridgehead atoms. The monoisotopic (exact) mass is 183 g/mol. The van der Waals surface area contributed by atoms with Crippen molar-refractivity contribution in [2.45, 2.75) is 12.1 Å². The van der Waals surface area contributed by atoms with Crippen LogP contribution in [0.15, 0.2) is 17.3 Å². The van der Waals surface area contributed by atoms with Crippen molar-refractivity contribution in [3.05, 3.63) is 23.6 Å². The third-order valence-corrected chi connectivity index (χ3v) is 2.02. The Bertz CT molecular complexity index is 437. The lowest BCUT2D eigenvalue weighted by Gasteiger charge is -1.99. The van der Waals surface area contributed by atoms with Crippen molar-refractivity contribution >= 4 is 18.3 Å². The smallest absolute Gasteiger partial charge is 0.192 e. The van der Waals surface area contributed by atoms with Crippen LogP contribution in [0, 0.1) is 12.7 Å². The van der Waals surface area contributed by atoms with Gasteiger partial charge in [0.25, 0.3) is 0 Å². The number of rotatable bonds is 0. The van der Waals surface area contributed by atoms with Gasteiger partial charge < -0.3 is 0 Å². The predicted octanol–water partition coefficient (Wildman–Crippen LogP) is 1.47. The molecule has 0 amide bonds. The summed E-state index contributed by atoms with van der Waals surface area (Å²) >= 11 is 4.04. The fourth-order valence-corrected chi connectivity index (χ4v) is 1.39. The van der Waals surface area contributed by atoms with Crippen molar-refractivity contribution in [1.29, 1.82) is 0 Å². The molecule has 3 nitrogen and oxygen atoms in total. The molecule has 62 valence electrons. The van der Waals surface area contributed by atoms with E-state index in [4.69, 9.17) is 0 Å². The second-order valence-electron chi connectivity index (χ2n) is 2.46. The number of hydrogen-bond donors (Lipinski definition) is 1. The Morgan fingerprint density at radius 2 is 2.17 bits per heavy atom. The normalized spacial score (nSPS) is 10.9. The molecule has 0 atom stereocenters. The maximum Gasteiger partial charge on any atom is 0.192 e. The number of fused-ring (bicyclic) bond motifs is 1. The largest absolute Gasteiger partial charge is 0.272 e. The molecule has 5 heteroatoms. The molecule has 0 unspecified atom stereocenters. The standard InChI is InChI=1S/C7H6FN3S/c1-4-5(8)2-3-6-9-10-7(12)11(4)6/h2-3H,1H3,(H,10,12). The summed E-state index contributed by atoms with van der Waals surface area (Å²) in [6.45, 7) is 1.66. The third kappa shape index (κ3) is 0.896. The Hall–Kier alpha value is -1.10. The van der Waals surface area contributed by atoms with Gasteiger partial charge in [0.05, 0.1) is 5.69 Å². The third-order valence-electron chi connectivity index (χ3n) is 1.73. The van der Waals surface area contributed by atoms with Crippen LogP contribution in [-0.2, 0) is 0 Å². The van der Waals surface area contributed by atoms with Gasteiger partial charge in [-0.2, -0.15) is 0 Å². The van der Waals surface area contributed by atoms with Crippen LogP contribution in [0.3, 0.4) is 0 Å². The topological polar surface area (TPSA) is 30.2 Å². The molecular formula is C7H6FN3S. The molecule has 0 aromatic carbocycles. The van der Waals surface area contributed by atoms with E-state index in [2.05, 4.69) is 22.8 Å². The van der Waals surface area contributed by atoms with Gasteiger partial charge in [0.15, 0.2) is 10.8 Å². The summed E-state index contributed by atoms with van der Waals surface area (Å²) in [5.41, 5.74) is 1.08. The fraction of sp³-hybridized carbons (Fsp3) is 0.143.